The van der Waals surface area contributed by atoms with E-state index in [-0.39, 0.29) is 30.8 Å². The van der Waals surface area contributed by atoms with Crippen LogP contribution in [0.1, 0.15) is 89.4 Å². The van der Waals surface area contributed by atoms with E-state index in [1.807, 2.05) is 13.0 Å². The van der Waals surface area contributed by atoms with Gasteiger partial charge in [0.15, 0.2) is 18.9 Å². The van der Waals surface area contributed by atoms with Crippen LogP contribution < -0.4 is 0 Å². The van der Waals surface area contributed by atoms with Gasteiger partial charge in [0, 0.05) is 18.4 Å². The second-order valence-electron chi connectivity index (χ2n) is 20.9. The second kappa shape index (κ2) is 19.5. The molecule has 1 aromatic carbocycles. The molecule has 11 N–H and O–H groups in total. The number of hydrogen-bond acceptors (Lipinski definition) is 20. The van der Waals surface area contributed by atoms with Gasteiger partial charge in [-0.05, 0) is 94.6 Å². The molecule has 67 heavy (non-hydrogen) atoms. The summed E-state index contributed by atoms with van der Waals surface area (Å²) in [5.74, 6) is -1.19. The number of carbonyl (C=O) groups excluding carboxylic acids is 1. The van der Waals surface area contributed by atoms with Gasteiger partial charge in [-0.25, -0.2) is 4.79 Å². The number of hydrogen-bond donors (Lipinski definition) is 11. The summed E-state index contributed by atoms with van der Waals surface area (Å²) >= 11 is 0. The highest BCUT2D eigenvalue weighted by Crippen LogP contribution is 2.71. The number of esters is 1. The lowest BCUT2D eigenvalue weighted by Gasteiger charge is -2.67. The SMILES string of the molecule is COC1C(O)C(OC2CCC3(C)C(CCC4(O)C3CCC3(C)C(C(C)OC(=O)c5ccccc5)CC(O)C34O)C2)OC(C)C1OC1OC(COC2OC(CO)C(O)C(O)C2O)C(O)C(O)C1O. The van der Waals surface area contributed by atoms with E-state index < -0.39 is 151 Å². The number of methoxy groups -OCH3 is 1. The lowest BCUT2D eigenvalue weighted by Crippen LogP contribution is -2.76. The Morgan fingerprint density at radius 3 is 2.06 bits per heavy atom. The topological polar surface area (TPSA) is 313 Å². The number of aliphatic hydroxyl groups excluding tert-OH is 9. The molecule has 0 radical (unpaired) electrons. The van der Waals surface area contributed by atoms with Crippen LogP contribution in [-0.2, 0) is 37.9 Å². The quantitative estimate of drug-likeness (QED) is 0.0849. The van der Waals surface area contributed by atoms with Gasteiger partial charge in [-0.2, -0.15) is 0 Å². The maximum Gasteiger partial charge on any atom is 0.338 e. The molecule has 25 atom stereocenters. The summed E-state index contributed by atoms with van der Waals surface area (Å²) in [5, 5.41) is 122. The van der Waals surface area contributed by atoms with Crippen LogP contribution in [0.3, 0.4) is 0 Å². The van der Waals surface area contributed by atoms with E-state index in [1.165, 1.54) is 7.11 Å². The second-order valence-corrected chi connectivity index (χ2v) is 20.9. The Kier molecular flexibility index (Phi) is 15.0. The number of benzene rings is 1. The summed E-state index contributed by atoms with van der Waals surface area (Å²) in [6.45, 7) is 6.25. The highest BCUT2D eigenvalue weighted by Gasteiger charge is 2.77. The molecule has 0 aromatic heterocycles. The predicted molar refractivity (Wildman–Crippen MR) is 228 cm³/mol. The fraction of sp³-hybridized carbons (Fsp3) is 0.851. The minimum absolute atomic E-state index is 0.0568. The van der Waals surface area contributed by atoms with E-state index in [0.717, 1.165) is 0 Å². The van der Waals surface area contributed by atoms with E-state index in [0.29, 0.717) is 44.1 Å². The molecule has 8 rings (SSSR count). The number of rotatable bonds is 12. The average molecular weight is 957 g/mol. The first-order valence-corrected chi connectivity index (χ1v) is 23.8. The summed E-state index contributed by atoms with van der Waals surface area (Å²) < 4.78 is 47.2. The lowest BCUT2D eigenvalue weighted by atomic mass is 9.41. The number of fused-ring (bicyclic) bond motifs is 5. The van der Waals surface area contributed by atoms with Crippen LogP contribution in [0.4, 0.5) is 0 Å². The Morgan fingerprint density at radius 2 is 1.39 bits per heavy atom. The molecule has 0 bridgehead atoms. The number of ether oxygens (including phenoxy) is 8. The summed E-state index contributed by atoms with van der Waals surface area (Å²) in [4.78, 5) is 13.1. The fourth-order valence-electron chi connectivity index (χ4n) is 13.6. The van der Waals surface area contributed by atoms with E-state index in [4.69, 9.17) is 37.9 Å². The number of aliphatic hydroxyl groups is 11. The van der Waals surface area contributed by atoms with Gasteiger partial charge in [-0.3, -0.25) is 0 Å². The van der Waals surface area contributed by atoms with Crippen molar-refractivity contribution in [3.8, 4) is 0 Å². The van der Waals surface area contributed by atoms with Crippen LogP contribution in [0.15, 0.2) is 30.3 Å². The first-order valence-electron chi connectivity index (χ1n) is 23.8. The van der Waals surface area contributed by atoms with Crippen LogP contribution in [0.5, 0.6) is 0 Å². The van der Waals surface area contributed by atoms with Crippen LogP contribution in [-0.4, -0.2) is 204 Å². The van der Waals surface area contributed by atoms with Crippen molar-refractivity contribution in [2.45, 2.75) is 201 Å². The largest absolute Gasteiger partial charge is 0.459 e. The molecular weight excluding hydrogens is 884 g/mol. The van der Waals surface area contributed by atoms with Crippen molar-refractivity contribution in [3.05, 3.63) is 35.9 Å². The Balaban J connectivity index is 0.887. The van der Waals surface area contributed by atoms with Gasteiger partial charge >= 0.3 is 5.97 Å². The highest BCUT2D eigenvalue weighted by molar-refractivity contribution is 5.89. The van der Waals surface area contributed by atoms with E-state index in [1.54, 1.807) is 38.1 Å². The molecule has 3 aliphatic heterocycles. The molecule has 7 aliphatic rings. The zero-order valence-corrected chi connectivity index (χ0v) is 38.7. The minimum Gasteiger partial charge on any atom is -0.459 e. The normalized spacial score (nSPS) is 51.5. The Hall–Kier alpha value is -2.03. The monoisotopic (exact) mass is 956 g/mol. The van der Waals surface area contributed by atoms with Crippen LogP contribution in [0.2, 0.25) is 0 Å². The summed E-state index contributed by atoms with van der Waals surface area (Å²) in [7, 11) is 1.35. The van der Waals surface area contributed by atoms with Crippen molar-refractivity contribution in [2.24, 2.45) is 28.6 Å². The average Bonchev–Trinajstić information content (AvgIpc) is 3.52. The van der Waals surface area contributed by atoms with Crippen molar-refractivity contribution in [3.63, 3.8) is 0 Å². The zero-order valence-electron chi connectivity index (χ0n) is 38.7. The maximum absolute atomic E-state index is 13.1. The number of carbonyl (C=O) groups is 1. The molecule has 20 heteroatoms. The lowest BCUT2D eigenvalue weighted by molar-refractivity contribution is -0.367. The maximum atomic E-state index is 13.1. The third kappa shape index (κ3) is 8.60. The van der Waals surface area contributed by atoms with Crippen LogP contribution in [0, 0.1) is 28.6 Å². The van der Waals surface area contributed by atoms with Crippen LogP contribution >= 0.6 is 0 Å². The standard InChI is InChI=1S/C47H72O20/c1-21(62-40(57)23-9-7-6-8-10-23)26-18-30(49)47(59)45(26,4)15-13-29-44(3)14-12-25(17-24(44)11-16-46(29,47)58)64-43-37(56)39(60-5)38(22(2)63-43)67-42-36(55)34(53)32(51)28(66-42)20-61-41-35(54)33(52)31(50)27(19-48)65-41/h6-10,21-22,24-39,41-43,48-56,58-59H,11-20H2,1-5H3. The van der Waals surface area contributed by atoms with Gasteiger partial charge < -0.3 is 94.1 Å². The van der Waals surface area contributed by atoms with Crippen molar-refractivity contribution in [2.75, 3.05) is 20.3 Å². The Labute approximate surface area is 389 Å². The van der Waals surface area contributed by atoms with Crippen molar-refractivity contribution in [1.29, 1.82) is 0 Å². The van der Waals surface area contributed by atoms with Crippen molar-refractivity contribution in [1.82, 2.24) is 0 Å². The minimum atomic E-state index is -1.86. The van der Waals surface area contributed by atoms with Gasteiger partial charge in [0.1, 0.15) is 78.8 Å². The molecule has 3 heterocycles. The molecule has 0 amide bonds. The first kappa shape index (κ1) is 51.3. The fourth-order valence-corrected chi connectivity index (χ4v) is 13.6. The smallest absolute Gasteiger partial charge is 0.338 e. The van der Waals surface area contributed by atoms with Gasteiger partial charge in [0.2, 0.25) is 0 Å². The molecule has 4 aliphatic carbocycles. The molecule has 380 valence electrons. The third-order valence-electron chi connectivity index (χ3n) is 17.4. The third-order valence-corrected chi connectivity index (χ3v) is 17.4. The molecule has 0 spiro atoms. The van der Waals surface area contributed by atoms with Crippen LogP contribution in [0.25, 0.3) is 0 Å². The molecular formula is C47H72O20. The van der Waals surface area contributed by atoms with Gasteiger partial charge in [-0.15, -0.1) is 0 Å². The summed E-state index contributed by atoms with van der Waals surface area (Å²) in [5.41, 5.74) is -4.44. The first-order chi connectivity index (χ1) is 31.6. The van der Waals surface area contributed by atoms with Gasteiger partial charge in [0.05, 0.1) is 42.7 Å². The van der Waals surface area contributed by atoms with Crippen molar-refractivity contribution >= 4 is 5.97 Å². The van der Waals surface area contributed by atoms with Gasteiger partial charge in [-0.1, -0.05) is 32.0 Å². The van der Waals surface area contributed by atoms with Gasteiger partial charge in [0.25, 0.3) is 0 Å². The van der Waals surface area contributed by atoms with E-state index in [9.17, 15) is 61.0 Å². The Bertz CT molecular complexity index is 1850. The molecule has 25 unspecified atom stereocenters. The zero-order chi connectivity index (χ0) is 48.5. The summed E-state index contributed by atoms with van der Waals surface area (Å²) in [6, 6.07) is 8.67. The van der Waals surface area contributed by atoms with E-state index in [2.05, 4.69) is 6.92 Å². The predicted octanol–water partition coefficient (Wildman–Crippen LogP) is -1.39. The molecule has 20 nitrogen and oxygen atoms in total. The Morgan fingerprint density at radius 1 is 0.746 bits per heavy atom. The van der Waals surface area contributed by atoms with Crippen molar-refractivity contribution < 1.29 is 98.9 Å². The highest BCUT2D eigenvalue weighted by atomic mass is 16.8. The molecule has 7 fully saturated rings. The molecule has 3 saturated heterocycles. The molecule has 1 aromatic rings. The van der Waals surface area contributed by atoms with E-state index >= 15 is 0 Å². The molecule has 4 saturated carbocycles. The summed E-state index contributed by atoms with van der Waals surface area (Å²) in [6.07, 6.45) is -20.3.